The number of aromatic nitrogens is 2. The molecule has 0 bridgehead atoms. The summed E-state index contributed by atoms with van der Waals surface area (Å²) in [7, 11) is 0. The Bertz CT molecular complexity index is 1100. The second kappa shape index (κ2) is 6.38. The molecular weight excluding hydrogens is 334 g/mol. The Kier molecular flexibility index (Phi) is 4.14. The molecule has 0 amide bonds. The molecule has 0 spiro atoms. The molecule has 1 aliphatic rings. The van der Waals surface area contributed by atoms with E-state index in [2.05, 4.69) is 69.2 Å². The van der Waals surface area contributed by atoms with Gasteiger partial charge in [0.15, 0.2) is 0 Å². The largest absolute Gasteiger partial charge is 0.350 e. The van der Waals surface area contributed by atoms with Gasteiger partial charge in [0.2, 0.25) is 0 Å². The molecule has 1 aliphatic heterocycles. The van der Waals surface area contributed by atoms with E-state index in [-0.39, 0.29) is 5.69 Å². The van der Waals surface area contributed by atoms with Gasteiger partial charge in [0, 0.05) is 23.9 Å². The molecule has 0 atom stereocenters. The molecule has 0 radical (unpaired) electrons. The Balaban J connectivity index is 1.84. The van der Waals surface area contributed by atoms with Crippen molar-refractivity contribution in [3.05, 3.63) is 74.2 Å². The van der Waals surface area contributed by atoms with Gasteiger partial charge in [-0.05, 0) is 74.9 Å². The van der Waals surface area contributed by atoms with E-state index < -0.39 is 0 Å². The van der Waals surface area contributed by atoms with Crippen molar-refractivity contribution in [2.75, 3.05) is 5.32 Å². The molecule has 27 heavy (non-hydrogen) atoms. The summed E-state index contributed by atoms with van der Waals surface area (Å²) in [5.74, 6) is 0.604. The van der Waals surface area contributed by atoms with Gasteiger partial charge in [-0.25, -0.2) is 4.79 Å². The molecule has 138 valence electrons. The van der Waals surface area contributed by atoms with Crippen molar-refractivity contribution in [3.63, 3.8) is 0 Å². The highest BCUT2D eigenvalue weighted by Crippen LogP contribution is 2.32. The number of hydrogen-bond acceptors (Lipinski definition) is 3. The quantitative estimate of drug-likeness (QED) is 0.718. The lowest BCUT2D eigenvalue weighted by Gasteiger charge is -2.23. The van der Waals surface area contributed by atoms with Gasteiger partial charge >= 0.3 is 5.69 Å². The molecule has 0 saturated carbocycles. The van der Waals surface area contributed by atoms with Crippen LogP contribution >= 0.6 is 0 Å². The first-order valence-corrected chi connectivity index (χ1v) is 9.41. The maximum Gasteiger partial charge on any atom is 0.350 e. The van der Waals surface area contributed by atoms with Crippen LogP contribution in [0.15, 0.2) is 35.1 Å². The van der Waals surface area contributed by atoms with Crippen molar-refractivity contribution in [1.29, 1.82) is 0 Å². The molecule has 0 unspecified atom stereocenters. The van der Waals surface area contributed by atoms with Gasteiger partial charge in [-0.15, -0.1) is 0 Å². The van der Waals surface area contributed by atoms with Crippen molar-refractivity contribution in [1.82, 2.24) is 9.55 Å². The third kappa shape index (κ3) is 3.05. The smallest absolute Gasteiger partial charge is 0.340 e. The van der Waals surface area contributed by atoms with Crippen LogP contribution in [0.2, 0.25) is 0 Å². The zero-order chi connectivity index (χ0) is 19.3. The highest BCUT2D eigenvalue weighted by atomic mass is 16.1. The third-order valence-corrected chi connectivity index (χ3v) is 5.54. The number of benzene rings is 2. The van der Waals surface area contributed by atoms with Crippen molar-refractivity contribution in [2.24, 2.45) is 0 Å². The molecule has 2 aromatic carbocycles. The van der Waals surface area contributed by atoms with Crippen molar-refractivity contribution in [3.8, 4) is 11.3 Å². The fourth-order valence-corrected chi connectivity index (χ4v) is 4.07. The number of anilines is 2. The summed E-state index contributed by atoms with van der Waals surface area (Å²) < 4.78 is 1.79. The number of fused-ring (bicyclic) bond motifs is 3. The van der Waals surface area contributed by atoms with Gasteiger partial charge in [0.25, 0.3) is 0 Å². The van der Waals surface area contributed by atoms with E-state index in [1.165, 1.54) is 22.3 Å². The lowest BCUT2D eigenvalue weighted by Crippen LogP contribution is -2.29. The molecule has 4 rings (SSSR count). The molecule has 4 heteroatoms. The second-order valence-electron chi connectivity index (χ2n) is 7.70. The van der Waals surface area contributed by atoms with Crippen molar-refractivity contribution in [2.45, 2.75) is 47.6 Å². The molecule has 1 N–H and O–H groups in total. The fourth-order valence-electron chi connectivity index (χ4n) is 4.07. The minimum atomic E-state index is -0.193. The van der Waals surface area contributed by atoms with Crippen LogP contribution < -0.4 is 11.0 Å². The van der Waals surface area contributed by atoms with E-state index in [1.54, 1.807) is 4.57 Å². The number of hydrogen-bond donors (Lipinski definition) is 1. The highest BCUT2D eigenvalue weighted by molar-refractivity contribution is 5.72. The average Bonchev–Trinajstić information content (AvgIpc) is 2.59. The Morgan fingerprint density at radius 3 is 2.26 bits per heavy atom. The molecule has 0 fully saturated rings. The summed E-state index contributed by atoms with van der Waals surface area (Å²) in [5, 5.41) is 3.39. The Hall–Kier alpha value is -2.88. The lowest BCUT2D eigenvalue weighted by atomic mass is 9.93. The number of rotatable bonds is 2. The van der Waals surface area contributed by atoms with Crippen LogP contribution in [0.3, 0.4) is 0 Å². The standard InChI is InChI=1S/C23H25N3O/c1-13-8-16(4)22(17(5)9-13)24-21-12-20-19-11-15(3)14(2)10-18(19)6-7-26(20)23(27)25-21/h8-12H,6-7H2,1-5H3,(H,24,25,27). The van der Waals surface area contributed by atoms with Crippen LogP contribution in [0.5, 0.6) is 0 Å². The minimum Gasteiger partial charge on any atom is -0.340 e. The fraction of sp³-hybridized carbons (Fsp3) is 0.304. The summed E-state index contributed by atoms with van der Waals surface area (Å²) in [4.78, 5) is 17.0. The van der Waals surface area contributed by atoms with Crippen molar-refractivity contribution >= 4 is 11.5 Å². The van der Waals surface area contributed by atoms with Gasteiger partial charge in [-0.2, -0.15) is 4.98 Å². The molecule has 1 aromatic heterocycles. The van der Waals surface area contributed by atoms with E-state index in [4.69, 9.17) is 0 Å². The monoisotopic (exact) mass is 359 g/mol. The predicted octanol–water partition coefficient (Wildman–Crippen LogP) is 4.75. The number of aryl methyl sites for hydroxylation is 6. The number of nitrogens with one attached hydrogen (secondary N) is 1. The van der Waals surface area contributed by atoms with E-state index in [0.717, 1.165) is 34.5 Å². The van der Waals surface area contributed by atoms with Crippen LogP contribution in [0.1, 0.15) is 33.4 Å². The molecule has 0 saturated heterocycles. The zero-order valence-corrected chi connectivity index (χ0v) is 16.6. The number of nitrogens with zero attached hydrogens (tertiary/aromatic N) is 2. The van der Waals surface area contributed by atoms with Gasteiger partial charge in [0.1, 0.15) is 5.82 Å². The first-order chi connectivity index (χ1) is 12.8. The summed E-state index contributed by atoms with van der Waals surface area (Å²) in [6, 6.07) is 10.7. The second-order valence-corrected chi connectivity index (χ2v) is 7.70. The van der Waals surface area contributed by atoms with Crippen LogP contribution in [-0.4, -0.2) is 9.55 Å². The molecule has 4 nitrogen and oxygen atoms in total. The average molecular weight is 359 g/mol. The van der Waals surface area contributed by atoms with Crippen LogP contribution in [-0.2, 0) is 13.0 Å². The molecular formula is C23H25N3O. The van der Waals surface area contributed by atoms with Gasteiger partial charge in [0.05, 0.1) is 5.69 Å². The topological polar surface area (TPSA) is 46.9 Å². The SMILES string of the molecule is Cc1cc(C)c(Nc2cc3n(c(=O)n2)CCc2cc(C)c(C)cc2-3)c(C)c1. The first-order valence-electron chi connectivity index (χ1n) is 9.41. The van der Waals surface area contributed by atoms with Crippen LogP contribution in [0.25, 0.3) is 11.3 Å². The third-order valence-electron chi connectivity index (χ3n) is 5.54. The minimum absolute atomic E-state index is 0.193. The normalized spacial score (nSPS) is 12.5. The Morgan fingerprint density at radius 2 is 1.56 bits per heavy atom. The summed E-state index contributed by atoms with van der Waals surface area (Å²) in [5.41, 5.74) is 10.3. The predicted molar refractivity (Wildman–Crippen MR) is 111 cm³/mol. The lowest BCUT2D eigenvalue weighted by molar-refractivity contribution is 0.641. The zero-order valence-electron chi connectivity index (χ0n) is 16.6. The Morgan fingerprint density at radius 1 is 0.889 bits per heavy atom. The van der Waals surface area contributed by atoms with Gasteiger partial charge < -0.3 is 5.32 Å². The summed E-state index contributed by atoms with van der Waals surface area (Å²) in [6.45, 7) is 11.2. The Labute approximate surface area is 159 Å². The molecule has 2 heterocycles. The van der Waals surface area contributed by atoms with E-state index in [0.29, 0.717) is 12.4 Å². The van der Waals surface area contributed by atoms with Crippen LogP contribution in [0, 0.1) is 34.6 Å². The van der Waals surface area contributed by atoms with Crippen molar-refractivity contribution < 1.29 is 0 Å². The van der Waals surface area contributed by atoms with Crippen LogP contribution in [0.4, 0.5) is 11.5 Å². The van der Waals surface area contributed by atoms with E-state index in [9.17, 15) is 4.79 Å². The molecule has 3 aromatic rings. The van der Waals surface area contributed by atoms with Gasteiger partial charge in [-0.1, -0.05) is 23.8 Å². The van der Waals surface area contributed by atoms with E-state index in [1.807, 2.05) is 6.07 Å². The maximum absolute atomic E-state index is 12.7. The highest BCUT2D eigenvalue weighted by Gasteiger charge is 2.20. The van der Waals surface area contributed by atoms with Gasteiger partial charge in [-0.3, -0.25) is 4.57 Å². The first kappa shape index (κ1) is 17.5. The summed E-state index contributed by atoms with van der Waals surface area (Å²) >= 11 is 0. The molecule has 0 aliphatic carbocycles. The summed E-state index contributed by atoms with van der Waals surface area (Å²) in [6.07, 6.45) is 0.869. The maximum atomic E-state index is 12.7. The van der Waals surface area contributed by atoms with E-state index >= 15 is 0 Å².